The van der Waals surface area contributed by atoms with Crippen LogP contribution in [0.15, 0.2) is 61.2 Å². The zero-order valence-electron chi connectivity index (χ0n) is 18.3. The molecule has 2 aliphatic rings. The van der Waals surface area contributed by atoms with Gasteiger partial charge in [0.05, 0.1) is 61.3 Å². The number of benzene rings is 1. The average Bonchev–Trinajstić information content (AvgIpc) is 3.57. The summed E-state index contributed by atoms with van der Waals surface area (Å²) in [5, 5.41) is 19.8. The van der Waals surface area contributed by atoms with E-state index in [1.807, 2.05) is 17.3 Å². The van der Waals surface area contributed by atoms with E-state index in [4.69, 9.17) is 4.74 Å². The van der Waals surface area contributed by atoms with Gasteiger partial charge in [-0.25, -0.2) is 9.82 Å². The standard InChI is InChI=1S/C23H24FN7O3/c24-17-3-4-19(25-13-17)20-6-10-29(28-20)14-22-30(9-1-11-34-22)23(33)18-12-16(15-32)2-5-21(18)31-26-7-8-27-31/h2-8,10,12-13,20,22,28,32H,1,9,11,14-15H2. The number of carbonyl (C=O) groups is 1. The van der Waals surface area contributed by atoms with Gasteiger partial charge < -0.3 is 19.8 Å². The molecule has 10 nitrogen and oxygen atoms in total. The van der Waals surface area contributed by atoms with Crippen LogP contribution >= 0.6 is 0 Å². The summed E-state index contributed by atoms with van der Waals surface area (Å²) in [7, 11) is 0. The fourth-order valence-electron chi connectivity index (χ4n) is 4.07. The van der Waals surface area contributed by atoms with E-state index in [1.54, 1.807) is 41.6 Å². The third-order valence-corrected chi connectivity index (χ3v) is 5.76. The first-order valence-corrected chi connectivity index (χ1v) is 11.0. The Morgan fingerprint density at radius 3 is 2.85 bits per heavy atom. The van der Waals surface area contributed by atoms with E-state index in [2.05, 4.69) is 20.6 Å². The van der Waals surface area contributed by atoms with Crippen molar-refractivity contribution in [3.05, 3.63) is 83.8 Å². The summed E-state index contributed by atoms with van der Waals surface area (Å²) in [6.07, 6.45) is 8.25. The molecule has 34 heavy (non-hydrogen) atoms. The van der Waals surface area contributed by atoms with Crippen LogP contribution in [0, 0.1) is 5.82 Å². The van der Waals surface area contributed by atoms with Crippen LogP contribution in [0.25, 0.3) is 5.69 Å². The van der Waals surface area contributed by atoms with Crippen LogP contribution in [0.1, 0.15) is 34.1 Å². The molecule has 0 saturated carbocycles. The highest BCUT2D eigenvalue weighted by atomic mass is 19.1. The molecule has 11 heteroatoms. The summed E-state index contributed by atoms with van der Waals surface area (Å²) in [4.78, 5) is 20.9. The zero-order valence-corrected chi connectivity index (χ0v) is 18.3. The number of halogens is 1. The lowest BCUT2D eigenvalue weighted by molar-refractivity contribution is -0.0896. The molecule has 2 unspecified atom stereocenters. The molecule has 1 saturated heterocycles. The Labute approximate surface area is 195 Å². The van der Waals surface area contributed by atoms with Gasteiger partial charge in [0.15, 0.2) is 6.23 Å². The van der Waals surface area contributed by atoms with E-state index in [0.717, 1.165) is 0 Å². The van der Waals surface area contributed by atoms with Crippen molar-refractivity contribution >= 4 is 5.91 Å². The van der Waals surface area contributed by atoms with Crippen molar-refractivity contribution in [2.75, 3.05) is 19.7 Å². The largest absolute Gasteiger partial charge is 0.392 e. The molecule has 2 N–H and O–H groups in total. The summed E-state index contributed by atoms with van der Waals surface area (Å²) in [5.41, 5.74) is 5.51. The number of rotatable bonds is 6. The molecule has 1 fully saturated rings. The SMILES string of the molecule is O=C(c1cc(CO)ccc1-n1nccn1)N1CCCOC1CN1C=CC(c2ccc(F)cn2)N1. The molecule has 2 aliphatic heterocycles. The van der Waals surface area contributed by atoms with Gasteiger partial charge in [-0.15, -0.1) is 0 Å². The fourth-order valence-corrected chi connectivity index (χ4v) is 4.07. The van der Waals surface area contributed by atoms with Crippen LogP contribution in [0.4, 0.5) is 4.39 Å². The number of pyridine rings is 1. The molecule has 4 heterocycles. The van der Waals surface area contributed by atoms with Crippen LogP contribution in [0.3, 0.4) is 0 Å². The maximum Gasteiger partial charge on any atom is 0.258 e. The summed E-state index contributed by atoms with van der Waals surface area (Å²) in [6.45, 7) is 1.27. The van der Waals surface area contributed by atoms with Gasteiger partial charge in [0, 0.05) is 12.7 Å². The number of ether oxygens (including phenoxy) is 1. The molecule has 1 aromatic carbocycles. The highest BCUT2D eigenvalue weighted by Crippen LogP contribution is 2.24. The summed E-state index contributed by atoms with van der Waals surface area (Å²) < 4.78 is 19.2. The molecule has 0 bridgehead atoms. The minimum absolute atomic E-state index is 0.186. The lowest BCUT2D eigenvalue weighted by Gasteiger charge is -2.38. The number of carbonyl (C=O) groups excluding carboxylic acids is 1. The molecule has 0 aliphatic carbocycles. The molecule has 5 rings (SSSR count). The molecule has 2 aromatic heterocycles. The Bertz CT molecular complexity index is 1170. The first kappa shape index (κ1) is 22.1. The normalized spacial score (nSPS) is 20.2. The van der Waals surface area contributed by atoms with Gasteiger partial charge in [0.2, 0.25) is 0 Å². The van der Waals surface area contributed by atoms with Crippen molar-refractivity contribution in [2.45, 2.75) is 25.3 Å². The van der Waals surface area contributed by atoms with Gasteiger partial charge in [-0.1, -0.05) is 6.07 Å². The third-order valence-electron chi connectivity index (χ3n) is 5.76. The number of nitrogens with zero attached hydrogens (tertiary/aromatic N) is 6. The number of amides is 1. The Hall–Kier alpha value is -3.67. The average molecular weight is 465 g/mol. The van der Waals surface area contributed by atoms with E-state index in [-0.39, 0.29) is 24.4 Å². The number of nitrogens with one attached hydrogen (secondary N) is 1. The third kappa shape index (κ3) is 4.53. The molecular formula is C23H24FN7O3. The second-order valence-corrected chi connectivity index (χ2v) is 8.01. The second-order valence-electron chi connectivity index (χ2n) is 8.01. The van der Waals surface area contributed by atoms with Gasteiger partial charge in [0.1, 0.15) is 5.82 Å². The van der Waals surface area contributed by atoms with Crippen molar-refractivity contribution in [2.24, 2.45) is 0 Å². The minimum Gasteiger partial charge on any atom is -0.392 e. The van der Waals surface area contributed by atoms with Crippen molar-refractivity contribution in [3.8, 4) is 5.69 Å². The van der Waals surface area contributed by atoms with Crippen LogP contribution in [0.2, 0.25) is 0 Å². The first-order valence-electron chi connectivity index (χ1n) is 11.0. The first-order chi connectivity index (χ1) is 16.6. The molecular weight excluding hydrogens is 441 g/mol. The zero-order chi connectivity index (χ0) is 23.5. The maximum absolute atomic E-state index is 13.7. The predicted octanol–water partition coefficient (Wildman–Crippen LogP) is 1.56. The van der Waals surface area contributed by atoms with Crippen molar-refractivity contribution in [1.82, 2.24) is 35.3 Å². The molecule has 3 aromatic rings. The van der Waals surface area contributed by atoms with Gasteiger partial charge in [0.25, 0.3) is 5.91 Å². The second kappa shape index (κ2) is 9.67. The lowest BCUT2D eigenvalue weighted by Crippen LogP contribution is -2.52. The van der Waals surface area contributed by atoms with Crippen molar-refractivity contribution in [3.63, 3.8) is 0 Å². The number of aliphatic hydroxyl groups excluding tert-OH is 1. The van der Waals surface area contributed by atoms with E-state index in [9.17, 15) is 14.3 Å². The highest BCUT2D eigenvalue weighted by molar-refractivity contribution is 5.98. The van der Waals surface area contributed by atoms with Gasteiger partial charge in [-0.05, 0) is 42.3 Å². The summed E-state index contributed by atoms with van der Waals surface area (Å²) >= 11 is 0. The fraction of sp³-hybridized carbons (Fsp3) is 0.304. The number of hydrazine groups is 1. The lowest BCUT2D eigenvalue weighted by atomic mass is 10.1. The quantitative estimate of drug-likeness (QED) is 0.565. The molecule has 2 atom stereocenters. The Morgan fingerprint density at radius 1 is 1.24 bits per heavy atom. The van der Waals surface area contributed by atoms with Crippen molar-refractivity contribution in [1.29, 1.82) is 0 Å². The van der Waals surface area contributed by atoms with Crippen LogP contribution in [0.5, 0.6) is 0 Å². The van der Waals surface area contributed by atoms with Crippen LogP contribution in [-0.2, 0) is 11.3 Å². The molecule has 176 valence electrons. The van der Waals surface area contributed by atoms with Gasteiger partial charge in [-0.3, -0.25) is 9.78 Å². The van der Waals surface area contributed by atoms with E-state index in [1.165, 1.54) is 17.1 Å². The van der Waals surface area contributed by atoms with Gasteiger partial charge >= 0.3 is 0 Å². The highest BCUT2D eigenvalue weighted by Gasteiger charge is 2.32. The number of hydrogen-bond donors (Lipinski definition) is 2. The maximum atomic E-state index is 13.7. The molecule has 0 spiro atoms. The number of aromatic nitrogens is 4. The van der Waals surface area contributed by atoms with E-state index in [0.29, 0.717) is 48.6 Å². The minimum atomic E-state index is -0.505. The molecule has 1 amide bonds. The van der Waals surface area contributed by atoms with Crippen molar-refractivity contribution < 1.29 is 19.0 Å². The Kier molecular flexibility index (Phi) is 6.30. The summed E-state index contributed by atoms with van der Waals surface area (Å²) in [5.74, 6) is -0.616. The van der Waals surface area contributed by atoms with E-state index >= 15 is 0 Å². The van der Waals surface area contributed by atoms with E-state index < -0.39 is 6.23 Å². The Morgan fingerprint density at radius 2 is 2.09 bits per heavy atom. The Balaban J connectivity index is 1.34. The van der Waals surface area contributed by atoms with Gasteiger partial charge in [-0.2, -0.15) is 15.0 Å². The molecule has 0 radical (unpaired) electrons. The smallest absolute Gasteiger partial charge is 0.258 e. The summed E-state index contributed by atoms with van der Waals surface area (Å²) in [6, 6.07) is 7.93. The topological polar surface area (TPSA) is 109 Å². The van der Waals surface area contributed by atoms with Crippen LogP contribution < -0.4 is 5.43 Å². The van der Waals surface area contributed by atoms with Crippen LogP contribution in [-0.4, -0.2) is 66.8 Å². The monoisotopic (exact) mass is 465 g/mol. The number of hydrogen-bond acceptors (Lipinski definition) is 8. The predicted molar refractivity (Wildman–Crippen MR) is 119 cm³/mol. The number of aliphatic hydroxyl groups is 1.